The number of carbonyl (C=O) groups is 1. The average Bonchev–Trinajstić information content (AvgIpc) is 2.29. The van der Waals surface area contributed by atoms with Crippen LogP contribution in [0.2, 0.25) is 0 Å². The first kappa shape index (κ1) is 10.7. The van der Waals surface area contributed by atoms with E-state index in [1.165, 1.54) is 0 Å². The number of benzene rings is 1. The molecule has 0 bridgehead atoms. The van der Waals surface area contributed by atoms with Crippen molar-refractivity contribution < 1.29 is 14.6 Å². The first-order chi connectivity index (χ1) is 7.65. The first-order valence-corrected chi connectivity index (χ1v) is 5.29. The number of rotatable bonds is 1. The Morgan fingerprint density at radius 1 is 1.38 bits per heavy atom. The monoisotopic (exact) mass is 218 g/mol. The quantitative estimate of drug-likeness (QED) is 0.582. The van der Waals surface area contributed by atoms with Gasteiger partial charge >= 0.3 is 0 Å². The number of ketones is 1. The van der Waals surface area contributed by atoms with E-state index in [-0.39, 0.29) is 17.8 Å². The molecule has 1 aliphatic rings. The van der Waals surface area contributed by atoms with E-state index >= 15 is 0 Å². The lowest BCUT2D eigenvalue weighted by Crippen LogP contribution is -2.34. The van der Waals surface area contributed by atoms with E-state index in [1.807, 2.05) is 19.9 Å². The normalized spacial score (nSPS) is 22.1. The highest BCUT2D eigenvalue weighted by Crippen LogP contribution is 2.32. The maximum absolute atomic E-state index is 12.1. The Labute approximate surface area is 94.4 Å². The van der Waals surface area contributed by atoms with E-state index in [0.717, 1.165) is 6.26 Å². The van der Waals surface area contributed by atoms with Gasteiger partial charge in [0.25, 0.3) is 0 Å². The van der Waals surface area contributed by atoms with Crippen molar-refractivity contribution in [1.82, 2.24) is 0 Å². The standard InChI is InChI=1S/C13H14O3/c1-8(2)13-10(7-14)12(15)9-5-3-4-6-11(9)16-13/h3-8,13-14H,1-2H3/b10-7+. The minimum absolute atomic E-state index is 0.135. The van der Waals surface area contributed by atoms with Gasteiger partial charge in [-0.2, -0.15) is 0 Å². The molecule has 1 aromatic rings. The molecule has 2 rings (SSSR count). The van der Waals surface area contributed by atoms with Crippen LogP contribution in [-0.2, 0) is 0 Å². The van der Waals surface area contributed by atoms with E-state index in [1.54, 1.807) is 18.2 Å². The van der Waals surface area contributed by atoms with Crippen LogP contribution < -0.4 is 4.74 Å². The summed E-state index contributed by atoms with van der Waals surface area (Å²) in [5, 5.41) is 9.14. The predicted molar refractivity (Wildman–Crippen MR) is 60.7 cm³/mol. The Bertz CT molecular complexity index is 446. The largest absolute Gasteiger partial charge is 0.515 e. The molecule has 0 spiro atoms. The topological polar surface area (TPSA) is 46.5 Å². The molecule has 1 unspecified atom stereocenters. The third-order valence-electron chi connectivity index (χ3n) is 2.70. The van der Waals surface area contributed by atoms with Gasteiger partial charge in [-0.05, 0) is 18.1 Å². The van der Waals surface area contributed by atoms with Crippen molar-refractivity contribution in [3.63, 3.8) is 0 Å². The second kappa shape index (κ2) is 4.00. The van der Waals surface area contributed by atoms with Crippen LogP contribution in [0.1, 0.15) is 24.2 Å². The number of hydrogen-bond donors (Lipinski definition) is 1. The molecular weight excluding hydrogens is 204 g/mol. The molecular formula is C13H14O3. The second-order valence-corrected chi connectivity index (χ2v) is 4.19. The molecule has 3 nitrogen and oxygen atoms in total. The van der Waals surface area contributed by atoms with Crippen LogP contribution >= 0.6 is 0 Å². The fourth-order valence-corrected chi connectivity index (χ4v) is 1.87. The molecule has 0 amide bonds. The number of fused-ring (bicyclic) bond motifs is 1. The van der Waals surface area contributed by atoms with Gasteiger partial charge in [-0.1, -0.05) is 26.0 Å². The Kier molecular flexibility index (Phi) is 2.69. The van der Waals surface area contributed by atoms with Gasteiger partial charge in [-0.15, -0.1) is 0 Å². The number of Topliss-reactive ketones (excluding diaryl/α,β-unsaturated/α-hetero) is 1. The summed E-state index contributed by atoms with van der Waals surface area (Å²) in [4.78, 5) is 12.1. The Balaban J connectivity index is 2.50. The second-order valence-electron chi connectivity index (χ2n) is 4.19. The first-order valence-electron chi connectivity index (χ1n) is 5.29. The van der Waals surface area contributed by atoms with Gasteiger partial charge in [0.2, 0.25) is 0 Å². The van der Waals surface area contributed by atoms with Crippen molar-refractivity contribution in [1.29, 1.82) is 0 Å². The molecule has 0 aromatic heterocycles. The fourth-order valence-electron chi connectivity index (χ4n) is 1.87. The van der Waals surface area contributed by atoms with Gasteiger partial charge in [0.1, 0.15) is 11.9 Å². The van der Waals surface area contributed by atoms with Crippen LogP contribution in [0.5, 0.6) is 5.75 Å². The lowest BCUT2D eigenvalue weighted by molar-refractivity contribution is 0.0917. The fraction of sp³-hybridized carbons (Fsp3) is 0.308. The van der Waals surface area contributed by atoms with Gasteiger partial charge in [0.05, 0.1) is 17.4 Å². The summed E-state index contributed by atoms with van der Waals surface area (Å²) in [6.07, 6.45) is 0.496. The van der Waals surface area contributed by atoms with Crippen LogP contribution in [-0.4, -0.2) is 17.0 Å². The summed E-state index contributed by atoms with van der Waals surface area (Å²) in [7, 11) is 0. The minimum Gasteiger partial charge on any atom is -0.515 e. The molecule has 0 aliphatic carbocycles. The maximum Gasteiger partial charge on any atom is 0.199 e. The molecule has 1 atom stereocenters. The van der Waals surface area contributed by atoms with E-state index < -0.39 is 0 Å². The number of aliphatic hydroxyl groups excluding tert-OH is 1. The van der Waals surface area contributed by atoms with Crippen molar-refractivity contribution >= 4 is 5.78 Å². The van der Waals surface area contributed by atoms with Crippen LogP contribution in [0.4, 0.5) is 0 Å². The van der Waals surface area contributed by atoms with Gasteiger partial charge in [-0.3, -0.25) is 4.79 Å². The highest BCUT2D eigenvalue weighted by Gasteiger charge is 2.33. The van der Waals surface area contributed by atoms with Gasteiger partial charge in [0, 0.05) is 0 Å². The molecule has 84 valence electrons. The highest BCUT2D eigenvalue weighted by atomic mass is 16.5. The Hall–Kier alpha value is -1.77. The molecule has 0 saturated carbocycles. The zero-order chi connectivity index (χ0) is 11.7. The molecule has 1 heterocycles. The molecule has 1 aliphatic heterocycles. The molecule has 16 heavy (non-hydrogen) atoms. The summed E-state index contributed by atoms with van der Waals surface area (Å²) >= 11 is 0. The van der Waals surface area contributed by atoms with E-state index in [0.29, 0.717) is 16.9 Å². The third kappa shape index (κ3) is 1.58. The minimum atomic E-state index is -0.368. The third-order valence-corrected chi connectivity index (χ3v) is 2.70. The molecule has 0 radical (unpaired) electrons. The number of aliphatic hydroxyl groups is 1. The van der Waals surface area contributed by atoms with Crippen molar-refractivity contribution in [2.75, 3.05) is 0 Å². The van der Waals surface area contributed by atoms with E-state index in [9.17, 15) is 4.79 Å². The molecule has 1 aromatic carbocycles. The summed E-state index contributed by atoms with van der Waals surface area (Å²) in [5.74, 6) is 0.579. The van der Waals surface area contributed by atoms with Crippen molar-refractivity contribution in [3.05, 3.63) is 41.7 Å². The average molecular weight is 218 g/mol. The van der Waals surface area contributed by atoms with E-state index in [4.69, 9.17) is 9.84 Å². The van der Waals surface area contributed by atoms with Crippen LogP contribution in [0, 0.1) is 5.92 Å². The Morgan fingerprint density at radius 3 is 2.69 bits per heavy atom. The number of carbonyl (C=O) groups excluding carboxylic acids is 1. The van der Waals surface area contributed by atoms with Crippen molar-refractivity contribution in [2.45, 2.75) is 20.0 Å². The number of para-hydroxylation sites is 1. The predicted octanol–water partition coefficient (Wildman–Crippen LogP) is 2.73. The lowest BCUT2D eigenvalue weighted by Gasteiger charge is -2.29. The summed E-state index contributed by atoms with van der Waals surface area (Å²) in [6, 6.07) is 7.09. The highest BCUT2D eigenvalue weighted by molar-refractivity contribution is 6.12. The van der Waals surface area contributed by atoms with E-state index in [2.05, 4.69) is 0 Å². The van der Waals surface area contributed by atoms with Crippen LogP contribution in [0.25, 0.3) is 0 Å². The summed E-state index contributed by atoms with van der Waals surface area (Å²) < 4.78 is 5.72. The van der Waals surface area contributed by atoms with Gasteiger partial charge in [0.15, 0.2) is 5.78 Å². The summed E-state index contributed by atoms with van der Waals surface area (Å²) in [6.45, 7) is 3.91. The van der Waals surface area contributed by atoms with Crippen molar-refractivity contribution in [3.8, 4) is 5.75 Å². The molecule has 3 heteroatoms. The lowest BCUT2D eigenvalue weighted by atomic mass is 9.90. The summed E-state index contributed by atoms with van der Waals surface area (Å²) in [5.41, 5.74) is 0.841. The zero-order valence-corrected chi connectivity index (χ0v) is 9.31. The number of ether oxygens (including phenoxy) is 1. The van der Waals surface area contributed by atoms with Crippen molar-refractivity contribution in [2.24, 2.45) is 5.92 Å². The van der Waals surface area contributed by atoms with Gasteiger partial charge in [-0.25, -0.2) is 0 Å². The smallest absolute Gasteiger partial charge is 0.199 e. The van der Waals surface area contributed by atoms with Gasteiger partial charge < -0.3 is 9.84 Å². The number of hydrogen-bond acceptors (Lipinski definition) is 3. The molecule has 1 N–H and O–H groups in total. The SMILES string of the molecule is CC(C)C1Oc2ccccc2C(=O)/C1=C\O. The van der Waals surface area contributed by atoms with Crippen LogP contribution in [0.15, 0.2) is 36.1 Å². The molecule has 0 fully saturated rings. The van der Waals surface area contributed by atoms with Crippen LogP contribution in [0.3, 0.4) is 0 Å². The Morgan fingerprint density at radius 2 is 2.06 bits per heavy atom. The molecule has 0 saturated heterocycles. The zero-order valence-electron chi connectivity index (χ0n) is 9.31. The maximum atomic E-state index is 12.1.